The Morgan fingerprint density at radius 1 is 1.00 bits per heavy atom. The Morgan fingerprint density at radius 2 is 1.71 bits per heavy atom. The van der Waals surface area contributed by atoms with Gasteiger partial charge in [-0.3, -0.25) is 4.90 Å². The number of morpholine rings is 1. The van der Waals surface area contributed by atoms with Gasteiger partial charge in [0.05, 0.1) is 18.8 Å². The number of fused-ring (bicyclic) bond motifs is 1. The molecule has 0 aromatic carbocycles. The lowest BCUT2D eigenvalue weighted by Gasteiger charge is -2.46. The first-order chi connectivity index (χ1) is 6.59. The number of aliphatic hydroxyl groups is 4. The van der Waals surface area contributed by atoms with E-state index in [9.17, 15) is 20.4 Å². The highest BCUT2D eigenvalue weighted by molar-refractivity contribution is 4.95. The zero-order chi connectivity index (χ0) is 10.3. The van der Waals surface area contributed by atoms with Crippen molar-refractivity contribution in [3.05, 3.63) is 0 Å². The molecule has 0 radical (unpaired) electrons. The molecule has 0 aromatic heterocycles. The predicted molar refractivity (Wildman–Crippen MR) is 45.3 cm³/mol. The highest BCUT2D eigenvalue weighted by Gasteiger charge is 2.44. The fourth-order valence-corrected chi connectivity index (χ4v) is 2.03. The molecule has 0 spiro atoms. The summed E-state index contributed by atoms with van der Waals surface area (Å²) in [6.07, 6.45) is -3.99. The minimum atomic E-state index is -1.13. The SMILES string of the molecule is OC1CN2C[C@H](O)[C@@H](O)[C@@H](O)[C@H]2CO1. The molecule has 82 valence electrons. The van der Waals surface area contributed by atoms with Crippen LogP contribution in [0.1, 0.15) is 0 Å². The van der Waals surface area contributed by atoms with Gasteiger partial charge in [-0.15, -0.1) is 0 Å². The van der Waals surface area contributed by atoms with Gasteiger partial charge in [0.25, 0.3) is 0 Å². The van der Waals surface area contributed by atoms with E-state index in [4.69, 9.17) is 4.74 Å². The van der Waals surface area contributed by atoms with Crippen molar-refractivity contribution in [2.45, 2.75) is 30.6 Å². The number of nitrogens with zero attached hydrogens (tertiary/aromatic N) is 1. The van der Waals surface area contributed by atoms with Crippen LogP contribution in [0.2, 0.25) is 0 Å². The van der Waals surface area contributed by atoms with Gasteiger partial charge >= 0.3 is 0 Å². The molecule has 4 N–H and O–H groups in total. The summed E-state index contributed by atoms with van der Waals surface area (Å²) in [7, 11) is 0. The van der Waals surface area contributed by atoms with Crippen molar-refractivity contribution in [3.63, 3.8) is 0 Å². The van der Waals surface area contributed by atoms with Crippen LogP contribution in [0.25, 0.3) is 0 Å². The summed E-state index contributed by atoms with van der Waals surface area (Å²) in [5.41, 5.74) is 0. The summed E-state index contributed by atoms with van der Waals surface area (Å²) < 4.78 is 4.96. The first-order valence-electron chi connectivity index (χ1n) is 4.67. The Balaban J connectivity index is 2.07. The van der Waals surface area contributed by atoms with Crippen LogP contribution in [-0.4, -0.2) is 75.7 Å². The van der Waals surface area contributed by atoms with Crippen LogP contribution in [0.3, 0.4) is 0 Å². The van der Waals surface area contributed by atoms with E-state index in [1.54, 1.807) is 4.90 Å². The summed E-state index contributed by atoms with van der Waals surface area (Å²) in [6.45, 7) is 0.681. The zero-order valence-electron chi connectivity index (χ0n) is 7.65. The minimum Gasteiger partial charge on any atom is -0.389 e. The molecule has 6 nitrogen and oxygen atoms in total. The van der Waals surface area contributed by atoms with Crippen molar-refractivity contribution in [2.24, 2.45) is 0 Å². The molecule has 14 heavy (non-hydrogen) atoms. The number of piperidine rings is 1. The van der Waals surface area contributed by atoms with Crippen molar-refractivity contribution in [1.29, 1.82) is 0 Å². The van der Waals surface area contributed by atoms with Crippen molar-refractivity contribution >= 4 is 0 Å². The summed E-state index contributed by atoms with van der Waals surface area (Å²) in [5, 5.41) is 37.6. The maximum Gasteiger partial charge on any atom is 0.167 e. The molecule has 2 fully saturated rings. The lowest BCUT2D eigenvalue weighted by Crippen LogP contribution is -2.66. The fraction of sp³-hybridized carbons (Fsp3) is 1.00. The molecule has 1 unspecified atom stereocenters. The zero-order valence-corrected chi connectivity index (χ0v) is 7.65. The number of hydrogen-bond donors (Lipinski definition) is 4. The van der Waals surface area contributed by atoms with E-state index >= 15 is 0 Å². The largest absolute Gasteiger partial charge is 0.389 e. The van der Waals surface area contributed by atoms with Gasteiger partial charge in [-0.25, -0.2) is 0 Å². The van der Waals surface area contributed by atoms with Gasteiger partial charge in [0.15, 0.2) is 6.29 Å². The summed E-state index contributed by atoms with van der Waals surface area (Å²) in [5.74, 6) is 0. The Bertz CT molecular complexity index is 214. The number of ether oxygens (including phenoxy) is 1. The second kappa shape index (κ2) is 3.73. The Labute approximate surface area is 81.3 Å². The highest BCUT2D eigenvalue weighted by Crippen LogP contribution is 2.22. The van der Waals surface area contributed by atoms with Gasteiger partial charge in [-0.2, -0.15) is 0 Å². The van der Waals surface area contributed by atoms with E-state index in [-0.39, 0.29) is 25.7 Å². The van der Waals surface area contributed by atoms with Gasteiger partial charge in [-0.05, 0) is 0 Å². The second-order valence-electron chi connectivity index (χ2n) is 3.86. The molecule has 2 rings (SSSR count). The molecule has 2 saturated heterocycles. The van der Waals surface area contributed by atoms with Gasteiger partial charge in [0, 0.05) is 13.1 Å². The van der Waals surface area contributed by atoms with Crippen LogP contribution < -0.4 is 0 Å². The van der Waals surface area contributed by atoms with Crippen molar-refractivity contribution < 1.29 is 25.2 Å². The lowest BCUT2D eigenvalue weighted by atomic mass is 9.93. The normalized spacial score (nSPS) is 50.1. The van der Waals surface area contributed by atoms with Crippen LogP contribution in [-0.2, 0) is 4.74 Å². The average molecular weight is 205 g/mol. The lowest BCUT2D eigenvalue weighted by molar-refractivity contribution is -0.221. The van der Waals surface area contributed by atoms with E-state index in [1.165, 1.54) is 0 Å². The van der Waals surface area contributed by atoms with E-state index in [0.717, 1.165) is 0 Å². The van der Waals surface area contributed by atoms with Crippen LogP contribution in [0.4, 0.5) is 0 Å². The summed E-state index contributed by atoms with van der Waals surface area (Å²) in [4.78, 5) is 1.73. The van der Waals surface area contributed by atoms with Gasteiger partial charge < -0.3 is 25.2 Å². The first kappa shape index (κ1) is 10.3. The number of rotatable bonds is 0. The third kappa shape index (κ3) is 1.65. The van der Waals surface area contributed by atoms with Crippen LogP contribution in [0, 0.1) is 0 Å². The Hall–Kier alpha value is -0.240. The van der Waals surface area contributed by atoms with Crippen LogP contribution >= 0.6 is 0 Å². The molecule has 0 bridgehead atoms. The molecule has 0 amide bonds. The van der Waals surface area contributed by atoms with Gasteiger partial charge in [-0.1, -0.05) is 0 Å². The highest BCUT2D eigenvalue weighted by atomic mass is 16.6. The second-order valence-corrected chi connectivity index (χ2v) is 3.86. The molecule has 0 aromatic rings. The smallest absolute Gasteiger partial charge is 0.167 e. The average Bonchev–Trinajstić information content (AvgIpc) is 2.14. The summed E-state index contributed by atoms with van der Waals surface area (Å²) in [6, 6.07) is -0.336. The maximum absolute atomic E-state index is 9.62. The third-order valence-electron chi connectivity index (χ3n) is 2.88. The van der Waals surface area contributed by atoms with Crippen molar-refractivity contribution in [2.75, 3.05) is 19.7 Å². The molecule has 6 heteroatoms. The van der Waals surface area contributed by atoms with Gasteiger partial charge in [0.2, 0.25) is 0 Å². The Kier molecular flexibility index (Phi) is 2.74. The summed E-state index contributed by atoms with van der Waals surface area (Å²) >= 11 is 0. The topological polar surface area (TPSA) is 93.4 Å². The molecule has 2 aliphatic heterocycles. The maximum atomic E-state index is 9.62. The fourth-order valence-electron chi connectivity index (χ4n) is 2.03. The molecular formula is C8H15NO5. The van der Waals surface area contributed by atoms with E-state index in [2.05, 4.69) is 0 Å². The standard InChI is InChI=1S/C8H15NO5/c10-5-1-9-2-6(11)14-3-4(9)7(12)8(5)13/h4-8,10-13H,1-3H2/t4-,5+,6?,7+,8-/m1/s1. The first-order valence-corrected chi connectivity index (χ1v) is 4.67. The Morgan fingerprint density at radius 3 is 2.43 bits per heavy atom. The van der Waals surface area contributed by atoms with E-state index in [0.29, 0.717) is 0 Å². The van der Waals surface area contributed by atoms with Gasteiger partial charge in [0.1, 0.15) is 12.2 Å². The monoisotopic (exact) mass is 205 g/mol. The molecule has 2 heterocycles. The number of hydrogen-bond acceptors (Lipinski definition) is 6. The molecule has 2 aliphatic rings. The quantitative estimate of drug-likeness (QED) is 0.339. The predicted octanol–water partition coefficient (Wildman–Crippen LogP) is -2.90. The van der Waals surface area contributed by atoms with Crippen LogP contribution in [0.15, 0.2) is 0 Å². The van der Waals surface area contributed by atoms with E-state index < -0.39 is 24.6 Å². The van der Waals surface area contributed by atoms with Crippen LogP contribution in [0.5, 0.6) is 0 Å². The third-order valence-corrected chi connectivity index (χ3v) is 2.88. The number of aliphatic hydroxyl groups excluding tert-OH is 4. The minimum absolute atomic E-state index is 0.173. The van der Waals surface area contributed by atoms with Crippen molar-refractivity contribution in [3.8, 4) is 0 Å². The molecule has 0 aliphatic carbocycles. The molecular weight excluding hydrogens is 190 g/mol. The van der Waals surface area contributed by atoms with E-state index in [1.807, 2.05) is 0 Å². The van der Waals surface area contributed by atoms with Crippen molar-refractivity contribution in [1.82, 2.24) is 4.90 Å². The molecule has 5 atom stereocenters. The molecule has 0 saturated carbocycles.